The lowest BCUT2D eigenvalue weighted by Gasteiger charge is -2.17. The zero-order valence-corrected chi connectivity index (χ0v) is 14.3. The average Bonchev–Trinajstić information content (AvgIpc) is 2.42. The van der Waals surface area contributed by atoms with Gasteiger partial charge in [0, 0.05) is 20.1 Å². The van der Waals surface area contributed by atoms with E-state index in [2.05, 4.69) is 17.0 Å². The van der Waals surface area contributed by atoms with E-state index in [-0.39, 0.29) is 0 Å². The lowest BCUT2D eigenvalue weighted by atomic mass is 10.1. The molecule has 0 heterocycles. The van der Waals surface area contributed by atoms with Crippen molar-refractivity contribution in [3.63, 3.8) is 0 Å². The van der Waals surface area contributed by atoms with Gasteiger partial charge in [0.15, 0.2) is 0 Å². The van der Waals surface area contributed by atoms with E-state index in [4.69, 9.17) is 0 Å². The Labute approximate surface area is 125 Å². The summed E-state index contributed by atoms with van der Waals surface area (Å²) in [5, 5.41) is 3.19. The molecule has 0 saturated heterocycles. The largest absolute Gasteiger partial charge is 0.317 e. The molecule has 0 bridgehead atoms. The quantitative estimate of drug-likeness (QED) is 0.483. The van der Waals surface area contributed by atoms with Crippen LogP contribution in [0.5, 0.6) is 0 Å². The highest BCUT2D eigenvalue weighted by atomic mass is 32.2. The first-order valence-electron chi connectivity index (χ1n) is 7.96. The van der Waals surface area contributed by atoms with E-state index in [0.29, 0.717) is 13.1 Å². The molecule has 20 heavy (non-hydrogen) atoms. The molecule has 0 aliphatic heterocycles. The molecule has 0 aromatic rings. The first-order chi connectivity index (χ1) is 9.54. The molecule has 5 nitrogen and oxygen atoms in total. The van der Waals surface area contributed by atoms with Gasteiger partial charge in [-0.15, -0.1) is 0 Å². The maximum absolute atomic E-state index is 11.9. The van der Waals surface area contributed by atoms with Crippen molar-refractivity contribution in [1.29, 1.82) is 0 Å². The van der Waals surface area contributed by atoms with Gasteiger partial charge in [0.2, 0.25) is 0 Å². The fraction of sp³-hybridized carbons (Fsp3) is 1.00. The summed E-state index contributed by atoms with van der Waals surface area (Å²) in [4.78, 5) is 0. The third-order valence-electron chi connectivity index (χ3n) is 3.30. The van der Waals surface area contributed by atoms with E-state index < -0.39 is 10.2 Å². The predicted octanol–water partition coefficient (Wildman–Crippen LogP) is 2.11. The van der Waals surface area contributed by atoms with E-state index >= 15 is 0 Å². The molecule has 0 atom stereocenters. The van der Waals surface area contributed by atoms with Gasteiger partial charge in [-0.1, -0.05) is 46.0 Å². The van der Waals surface area contributed by atoms with Crippen molar-refractivity contribution in [2.24, 2.45) is 0 Å². The van der Waals surface area contributed by atoms with Crippen molar-refractivity contribution in [3.8, 4) is 0 Å². The molecule has 0 radical (unpaired) electrons. The number of nitrogens with one attached hydrogen (secondary N) is 2. The van der Waals surface area contributed by atoms with Gasteiger partial charge in [0.25, 0.3) is 10.2 Å². The lowest BCUT2D eigenvalue weighted by molar-refractivity contribution is 0.444. The van der Waals surface area contributed by atoms with E-state index in [1.165, 1.54) is 30.0 Å². The minimum Gasteiger partial charge on any atom is -0.317 e. The molecule has 0 amide bonds. The molecule has 0 aromatic carbocycles. The Morgan fingerprint density at radius 1 is 0.900 bits per heavy atom. The zero-order chi connectivity index (χ0) is 15.3. The van der Waals surface area contributed by atoms with Gasteiger partial charge in [-0.3, -0.25) is 0 Å². The maximum atomic E-state index is 11.9. The molecule has 0 spiro atoms. The van der Waals surface area contributed by atoms with Crippen molar-refractivity contribution in [2.45, 2.75) is 58.8 Å². The molecule has 0 aliphatic rings. The lowest BCUT2D eigenvalue weighted by Crippen LogP contribution is -2.39. The van der Waals surface area contributed by atoms with Gasteiger partial charge in [-0.25, -0.2) is 4.72 Å². The third-order valence-corrected chi connectivity index (χ3v) is 4.87. The standard InChI is InChI=1S/C14H33N3O2S/c1-4-6-7-8-9-10-13-16-20(18,19)17(3)14-11-12-15-5-2/h15-16H,4-14H2,1-3H3. The highest BCUT2D eigenvalue weighted by molar-refractivity contribution is 7.87. The molecule has 6 heteroatoms. The Morgan fingerprint density at radius 2 is 1.55 bits per heavy atom. The van der Waals surface area contributed by atoms with E-state index in [1.807, 2.05) is 6.92 Å². The first-order valence-corrected chi connectivity index (χ1v) is 9.40. The van der Waals surface area contributed by atoms with Gasteiger partial charge < -0.3 is 5.32 Å². The average molecular weight is 308 g/mol. The number of hydrogen-bond donors (Lipinski definition) is 2. The van der Waals surface area contributed by atoms with Gasteiger partial charge in [0.05, 0.1) is 0 Å². The second-order valence-electron chi connectivity index (χ2n) is 5.20. The summed E-state index contributed by atoms with van der Waals surface area (Å²) in [5.41, 5.74) is 0. The van der Waals surface area contributed by atoms with Gasteiger partial charge >= 0.3 is 0 Å². The second kappa shape index (κ2) is 12.6. The van der Waals surface area contributed by atoms with Gasteiger partial charge in [0.1, 0.15) is 0 Å². The van der Waals surface area contributed by atoms with Crippen LogP contribution in [0.1, 0.15) is 58.8 Å². The summed E-state index contributed by atoms with van der Waals surface area (Å²) in [6.07, 6.45) is 7.84. The van der Waals surface area contributed by atoms with Crippen LogP contribution in [0.3, 0.4) is 0 Å². The highest BCUT2D eigenvalue weighted by Gasteiger charge is 2.15. The molecule has 2 N–H and O–H groups in total. The van der Waals surface area contributed by atoms with Crippen LogP contribution in [-0.4, -0.2) is 45.9 Å². The Kier molecular flexibility index (Phi) is 12.5. The first kappa shape index (κ1) is 19.8. The monoisotopic (exact) mass is 307 g/mol. The summed E-state index contributed by atoms with van der Waals surface area (Å²) in [6, 6.07) is 0. The molecular weight excluding hydrogens is 274 g/mol. The minimum absolute atomic E-state index is 0.548. The number of nitrogens with zero attached hydrogens (tertiary/aromatic N) is 1. The summed E-state index contributed by atoms with van der Waals surface area (Å²) >= 11 is 0. The van der Waals surface area contributed by atoms with Crippen molar-refractivity contribution >= 4 is 10.2 Å². The molecule has 0 fully saturated rings. The Morgan fingerprint density at radius 3 is 2.20 bits per heavy atom. The van der Waals surface area contributed by atoms with Crippen LogP contribution in [0.4, 0.5) is 0 Å². The molecular formula is C14H33N3O2S. The van der Waals surface area contributed by atoms with Crippen LogP contribution < -0.4 is 10.0 Å². The van der Waals surface area contributed by atoms with Crippen molar-refractivity contribution < 1.29 is 8.42 Å². The highest BCUT2D eigenvalue weighted by Crippen LogP contribution is 2.04. The smallest absolute Gasteiger partial charge is 0.279 e. The topological polar surface area (TPSA) is 61.4 Å². The van der Waals surface area contributed by atoms with Gasteiger partial charge in [-0.2, -0.15) is 12.7 Å². The Bertz CT molecular complexity index is 308. The van der Waals surface area contributed by atoms with Crippen LogP contribution >= 0.6 is 0 Å². The summed E-state index contributed by atoms with van der Waals surface area (Å²) in [6.45, 7) is 7.12. The van der Waals surface area contributed by atoms with Crippen molar-refractivity contribution in [1.82, 2.24) is 14.3 Å². The fourth-order valence-electron chi connectivity index (χ4n) is 1.94. The predicted molar refractivity (Wildman–Crippen MR) is 86.1 cm³/mol. The molecule has 0 unspecified atom stereocenters. The Hall–Kier alpha value is -0.170. The number of unbranched alkanes of at least 4 members (excludes halogenated alkanes) is 5. The van der Waals surface area contributed by atoms with Crippen LogP contribution in [0.25, 0.3) is 0 Å². The van der Waals surface area contributed by atoms with Crippen LogP contribution in [0.2, 0.25) is 0 Å². The fourth-order valence-corrected chi connectivity index (χ4v) is 2.93. The summed E-state index contributed by atoms with van der Waals surface area (Å²) < 4.78 is 27.9. The normalized spacial score (nSPS) is 12.2. The molecule has 0 aliphatic carbocycles. The maximum Gasteiger partial charge on any atom is 0.279 e. The van der Waals surface area contributed by atoms with E-state index in [1.54, 1.807) is 7.05 Å². The van der Waals surface area contributed by atoms with E-state index in [9.17, 15) is 8.42 Å². The van der Waals surface area contributed by atoms with Crippen LogP contribution in [0.15, 0.2) is 0 Å². The van der Waals surface area contributed by atoms with E-state index in [0.717, 1.165) is 32.4 Å². The molecule has 0 rings (SSSR count). The number of rotatable bonds is 14. The molecule has 0 saturated carbocycles. The van der Waals surface area contributed by atoms with Crippen LogP contribution in [-0.2, 0) is 10.2 Å². The third kappa shape index (κ3) is 10.6. The summed E-state index contributed by atoms with van der Waals surface area (Å²) in [5.74, 6) is 0. The summed E-state index contributed by atoms with van der Waals surface area (Å²) in [7, 11) is -1.65. The Balaban J connectivity index is 3.66. The van der Waals surface area contributed by atoms with Crippen molar-refractivity contribution in [2.75, 3.05) is 33.2 Å². The van der Waals surface area contributed by atoms with Gasteiger partial charge in [-0.05, 0) is 25.9 Å². The number of hydrogen-bond acceptors (Lipinski definition) is 3. The van der Waals surface area contributed by atoms with Crippen molar-refractivity contribution in [3.05, 3.63) is 0 Å². The SMILES string of the molecule is CCCCCCCCNS(=O)(=O)N(C)CCCNCC. The second-order valence-corrected chi connectivity index (χ2v) is 7.06. The molecule has 0 aromatic heterocycles. The minimum atomic E-state index is -3.29. The zero-order valence-electron chi connectivity index (χ0n) is 13.5. The molecule has 122 valence electrons. The van der Waals surface area contributed by atoms with Crippen LogP contribution in [0, 0.1) is 0 Å².